The van der Waals surface area contributed by atoms with Gasteiger partial charge in [-0.05, 0) is 18.6 Å². The van der Waals surface area contributed by atoms with Crippen LogP contribution in [-0.2, 0) is 0 Å². The van der Waals surface area contributed by atoms with Crippen LogP contribution in [0.2, 0.25) is 0 Å². The Hall–Kier alpha value is -1.54. The first-order valence-corrected chi connectivity index (χ1v) is 6.43. The van der Waals surface area contributed by atoms with E-state index in [4.69, 9.17) is 0 Å². The third-order valence-corrected chi connectivity index (χ3v) is 3.54. The van der Waals surface area contributed by atoms with Crippen LogP contribution in [0.5, 0.6) is 0 Å². The Bertz CT molecular complexity index is 508. The maximum absolute atomic E-state index is 12.1. The first kappa shape index (κ1) is 13.4. The lowest BCUT2D eigenvalue weighted by atomic mass is 10.2. The molecule has 2 aliphatic heterocycles. The Balaban J connectivity index is 1.74. The molecule has 3 N–H and O–H groups in total. The van der Waals surface area contributed by atoms with Gasteiger partial charge in [-0.25, -0.2) is 4.98 Å². The zero-order valence-electron chi connectivity index (χ0n) is 10.6. The Morgan fingerprint density at radius 2 is 2.30 bits per heavy atom. The average Bonchev–Trinajstić information content (AvgIpc) is 2.77. The maximum Gasteiger partial charge on any atom is 0.401 e. The SMILES string of the molecule is OC(NCC(F)(F)F)c1ccc2c(n1)NC1CCN2C1. The summed E-state index contributed by atoms with van der Waals surface area (Å²) in [4.78, 5) is 6.41. The van der Waals surface area contributed by atoms with E-state index < -0.39 is 18.9 Å². The van der Waals surface area contributed by atoms with E-state index in [2.05, 4.69) is 15.2 Å². The second kappa shape index (κ2) is 4.78. The number of nitrogens with zero attached hydrogens (tertiary/aromatic N) is 2. The Morgan fingerprint density at radius 1 is 1.50 bits per heavy atom. The molecule has 5 nitrogen and oxygen atoms in total. The van der Waals surface area contributed by atoms with Crippen molar-refractivity contribution in [3.8, 4) is 0 Å². The molecule has 0 radical (unpaired) electrons. The Morgan fingerprint density at radius 3 is 3.05 bits per heavy atom. The summed E-state index contributed by atoms with van der Waals surface area (Å²) in [6.45, 7) is 0.610. The summed E-state index contributed by atoms with van der Waals surface area (Å²) in [5.41, 5.74) is 1.12. The zero-order valence-corrected chi connectivity index (χ0v) is 10.6. The zero-order chi connectivity index (χ0) is 14.3. The topological polar surface area (TPSA) is 60.4 Å². The lowest BCUT2D eigenvalue weighted by Gasteiger charge is -2.28. The number of halogens is 3. The van der Waals surface area contributed by atoms with Gasteiger partial charge in [0.1, 0.15) is 12.0 Å². The number of rotatable bonds is 3. The molecule has 110 valence electrons. The van der Waals surface area contributed by atoms with Gasteiger partial charge in [0.15, 0.2) is 0 Å². The summed E-state index contributed by atoms with van der Waals surface area (Å²) in [7, 11) is 0. The molecule has 2 aliphatic rings. The van der Waals surface area contributed by atoms with Crippen molar-refractivity contribution in [3.05, 3.63) is 17.8 Å². The van der Waals surface area contributed by atoms with Crippen molar-refractivity contribution in [2.24, 2.45) is 0 Å². The Labute approximate surface area is 113 Å². The van der Waals surface area contributed by atoms with Crippen LogP contribution < -0.4 is 15.5 Å². The predicted octanol–water partition coefficient (Wildman–Crippen LogP) is 1.23. The van der Waals surface area contributed by atoms with Gasteiger partial charge in [-0.2, -0.15) is 13.2 Å². The number of aliphatic hydroxyl groups is 1. The van der Waals surface area contributed by atoms with Gasteiger partial charge >= 0.3 is 6.18 Å². The van der Waals surface area contributed by atoms with Crippen molar-refractivity contribution >= 4 is 11.5 Å². The summed E-state index contributed by atoms with van der Waals surface area (Å²) in [6.07, 6.45) is -4.78. The molecule has 8 heteroatoms. The van der Waals surface area contributed by atoms with Crippen molar-refractivity contribution in [3.63, 3.8) is 0 Å². The minimum atomic E-state index is -4.36. The van der Waals surface area contributed by atoms with E-state index in [-0.39, 0.29) is 5.69 Å². The number of anilines is 2. The molecule has 1 aromatic heterocycles. The molecule has 0 spiro atoms. The molecule has 0 saturated carbocycles. The largest absolute Gasteiger partial charge is 0.401 e. The molecule has 3 heterocycles. The average molecular weight is 288 g/mol. The molecule has 2 unspecified atom stereocenters. The fraction of sp³-hybridized carbons (Fsp3) is 0.583. The highest BCUT2D eigenvalue weighted by Gasteiger charge is 2.32. The predicted molar refractivity (Wildman–Crippen MR) is 67.5 cm³/mol. The van der Waals surface area contributed by atoms with Crippen LogP contribution >= 0.6 is 0 Å². The van der Waals surface area contributed by atoms with Crippen molar-refractivity contribution in [1.29, 1.82) is 0 Å². The minimum Gasteiger partial charge on any atom is -0.373 e. The molecule has 0 amide bonds. The smallest absolute Gasteiger partial charge is 0.373 e. The van der Waals surface area contributed by atoms with Gasteiger partial charge in [-0.3, -0.25) is 5.32 Å². The second-order valence-corrected chi connectivity index (χ2v) is 5.08. The molecule has 1 fully saturated rings. The van der Waals surface area contributed by atoms with Gasteiger partial charge in [-0.15, -0.1) is 0 Å². The lowest BCUT2D eigenvalue weighted by molar-refractivity contribution is -0.131. The first-order valence-electron chi connectivity index (χ1n) is 6.43. The van der Waals surface area contributed by atoms with Gasteiger partial charge in [0.05, 0.1) is 17.9 Å². The van der Waals surface area contributed by atoms with Crippen molar-refractivity contribution in [1.82, 2.24) is 10.3 Å². The monoisotopic (exact) mass is 288 g/mol. The van der Waals surface area contributed by atoms with Crippen molar-refractivity contribution < 1.29 is 18.3 Å². The van der Waals surface area contributed by atoms with Crippen LogP contribution in [0.4, 0.5) is 24.7 Å². The van der Waals surface area contributed by atoms with E-state index in [1.54, 1.807) is 12.1 Å². The molecule has 1 aromatic rings. The quantitative estimate of drug-likeness (QED) is 0.730. The maximum atomic E-state index is 12.1. The van der Waals surface area contributed by atoms with Crippen molar-refractivity contribution in [2.45, 2.75) is 24.9 Å². The molecule has 2 bridgehead atoms. The summed E-state index contributed by atoms with van der Waals surface area (Å²) < 4.78 is 36.3. The van der Waals surface area contributed by atoms with Crippen LogP contribution in [0.15, 0.2) is 12.1 Å². The Kier molecular flexibility index (Phi) is 3.21. The third kappa shape index (κ3) is 2.66. The van der Waals surface area contributed by atoms with E-state index in [0.29, 0.717) is 11.9 Å². The summed E-state index contributed by atoms with van der Waals surface area (Å²) in [5.74, 6) is 0.629. The standard InChI is InChI=1S/C12H15F3N4O/c13-12(14,15)6-16-11(20)8-1-2-9-10(18-8)17-7-3-4-19(9)5-7/h1-2,7,11,16,20H,3-6H2,(H,17,18). The van der Waals surface area contributed by atoms with E-state index in [1.807, 2.05) is 5.32 Å². The van der Waals surface area contributed by atoms with E-state index >= 15 is 0 Å². The molecular formula is C12H15F3N4O. The van der Waals surface area contributed by atoms with Crippen LogP contribution in [0, 0.1) is 0 Å². The van der Waals surface area contributed by atoms with Gasteiger partial charge in [-0.1, -0.05) is 0 Å². The fourth-order valence-corrected chi connectivity index (χ4v) is 2.59. The number of hydrogen-bond donors (Lipinski definition) is 3. The first-order chi connectivity index (χ1) is 9.42. The number of alkyl halides is 3. The normalized spacial score (nSPS) is 22.4. The number of aromatic nitrogens is 1. The number of pyridine rings is 1. The summed E-state index contributed by atoms with van der Waals surface area (Å²) in [5, 5.41) is 15.0. The fourth-order valence-electron chi connectivity index (χ4n) is 2.59. The summed E-state index contributed by atoms with van der Waals surface area (Å²) in [6, 6.07) is 3.66. The van der Waals surface area contributed by atoms with Gasteiger partial charge < -0.3 is 15.3 Å². The van der Waals surface area contributed by atoms with Gasteiger partial charge in [0, 0.05) is 19.1 Å². The van der Waals surface area contributed by atoms with Crippen LogP contribution in [0.3, 0.4) is 0 Å². The summed E-state index contributed by atoms with van der Waals surface area (Å²) >= 11 is 0. The van der Waals surface area contributed by atoms with E-state index in [9.17, 15) is 18.3 Å². The molecule has 2 atom stereocenters. The molecule has 1 saturated heterocycles. The third-order valence-electron chi connectivity index (χ3n) is 3.54. The van der Waals surface area contributed by atoms with E-state index in [0.717, 1.165) is 25.2 Å². The molecular weight excluding hydrogens is 273 g/mol. The lowest BCUT2D eigenvalue weighted by Crippen LogP contribution is -2.34. The van der Waals surface area contributed by atoms with Gasteiger partial charge in [0.25, 0.3) is 0 Å². The highest BCUT2D eigenvalue weighted by molar-refractivity contribution is 5.70. The van der Waals surface area contributed by atoms with E-state index in [1.165, 1.54) is 0 Å². The molecule has 3 rings (SSSR count). The molecule has 0 aliphatic carbocycles. The number of aliphatic hydroxyl groups excluding tert-OH is 1. The highest BCUT2D eigenvalue weighted by Crippen LogP contribution is 2.34. The highest BCUT2D eigenvalue weighted by atomic mass is 19.4. The number of hydrogen-bond acceptors (Lipinski definition) is 5. The van der Waals surface area contributed by atoms with Crippen molar-refractivity contribution in [2.75, 3.05) is 29.9 Å². The number of nitrogens with one attached hydrogen (secondary N) is 2. The second-order valence-electron chi connectivity index (χ2n) is 5.08. The molecule has 0 aromatic carbocycles. The minimum absolute atomic E-state index is 0.183. The van der Waals surface area contributed by atoms with Crippen LogP contribution in [0.1, 0.15) is 18.3 Å². The number of fused-ring (bicyclic) bond motifs is 4. The van der Waals surface area contributed by atoms with Crippen LogP contribution in [-0.4, -0.2) is 41.9 Å². The van der Waals surface area contributed by atoms with Gasteiger partial charge in [0.2, 0.25) is 0 Å². The molecule has 20 heavy (non-hydrogen) atoms. The van der Waals surface area contributed by atoms with Crippen LogP contribution in [0.25, 0.3) is 0 Å².